The maximum absolute atomic E-state index is 4.67. The van der Waals surface area contributed by atoms with Crippen molar-refractivity contribution in [1.82, 2.24) is 0 Å². The van der Waals surface area contributed by atoms with Crippen molar-refractivity contribution in [3.63, 3.8) is 0 Å². The van der Waals surface area contributed by atoms with Crippen LogP contribution in [0.2, 0.25) is 0 Å². The molecule has 0 radical (unpaired) electrons. The predicted molar refractivity (Wildman–Crippen MR) is 39.2 cm³/mol. The molecule has 2 nitrogen and oxygen atoms in total. The highest BCUT2D eigenvalue weighted by Crippen LogP contribution is 2.08. The fraction of sp³-hybridized carbons (Fsp3) is 0.571. The summed E-state index contributed by atoms with van der Waals surface area (Å²) in [6, 6.07) is 0. The second-order valence-corrected chi connectivity index (χ2v) is 2.36. The molecule has 52 valence electrons. The maximum Gasteiger partial charge on any atom is 0.128 e. The van der Waals surface area contributed by atoms with E-state index in [4.69, 9.17) is 0 Å². The van der Waals surface area contributed by atoms with Crippen LogP contribution in [-0.2, 0) is 4.84 Å². The van der Waals surface area contributed by atoms with Gasteiger partial charge in [0.15, 0.2) is 0 Å². The van der Waals surface area contributed by atoms with Gasteiger partial charge in [-0.15, -0.1) is 0 Å². The number of rotatable bonds is 4. The van der Waals surface area contributed by atoms with Gasteiger partial charge in [0.25, 0.3) is 0 Å². The first-order valence-electron chi connectivity index (χ1n) is 2.97. The van der Waals surface area contributed by atoms with Crippen molar-refractivity contribution in [3.05, 3.63) is 12.3 Å². The Morgan fingerprint density at radius 1 is 1.67 bits per heavy atom. The fourth-order valence-corrected chi connectivity index (χ4v) is 0.584. The monoisotopic (exact) mass is 127 g/mol. The quantitative estimate of drug-likeness (QED) is 0.322. The van der Waals surface area contributed by atoms with Crippen LogP contribution in [-0.4, -0.2) is 6.72 Å². The number of hydrogen-bond donors (Lipinski definition) is 0. The third-order valence-corrected chi connectivity index (χ3v) is 0.830. The first-order valence-corrected chi connectivity index (χ1v) is 2.97. The normalized spacial score (nSPS) is 9.22. The molecule has 0 aliphatic heterocycles. The van der Waals surface area contributed by atoms with Gasteiger partial charge in [-0.1, -0.05) is 25.6 Å². The Bertz CT molecular complexity index is 107. The smallest absolute Gasteiger partial charge is 0.128 e. The van der Waals surface area contributed by atoms with Crippen LogP contribution in [0, 0.1) is 5.92 Å². The Balaban J connectivity index is 3.38. The Morgan fingerprint density at radius 2 is 2.22 bits per heavy atom. The molecule has 2 heteroatoms. The molecule has 0 aliphatic carbocycles. The van der Waals surface area contributed by atoms with Gasteiger partial charge >= 0.3 is 0 Å². The Morgan fingerprint density at radius 3 is 2.56 bits per heavy atom. The van der Waals surface area contributed by atoms with Crippen molar-refractivity contribution in [3.8, 4) is 0 Å². The molecule has 0 saturated carbocycles. The summed E-state index contributed by atoms with van der Waals surface area (Å²) in [4.78, 5) is 4.67. The summed E-state index contributed by atoms with van der Waals surface area (Å²) in [5.74, 6) is 1.25. The average molecular weight is 127 g/mol. The number of nitrogens with zero attached hydrogens (tertiary/aromatic N) is 1. The van der Waals surface area contributed by atoms with E-state index >= 15 is 0 Å². The molecule has 0 N–H and O–H groups in total. The Labute approximate surface area is 56.2 Å². The summed E-state index contributed by atoms with van der Waals surface area (Å²) in [5.41, 5.74) is 0. The highest BCUT2D eigenvalue weighted by molar-refractivity contribution is 5.21. The molecule has 9 heavy (non-hydrogen) atoms. The summed E-state index contributed by atoms with van der Waals surface area (Å²) in [6.45, 7) is 11.0. The van der Waals surface area contributed by atoms with Gasteiger partial charge in [-0.05, 0) is 5.92 Å². The van der Waals surface area contributed by atoms with Gasteiger partial charge in [0.1, 0.15) is 5.76 Å². The molecule has 0 unspecified atom stereocenters. The van der Waals surface area contributed by atoms with Crippen molar-refractivity contribution >= 4 is 6.72 Å². The average Bonchev–Trinajstić information content (AvgIpc) is 1.63. The van der Waals surface area contributed by atoms with Crippen molar-refractivity contribution in [2.75, 3.05) is 0 Å². The number of allylic oxidation sites excluding steroid dienone is 1. The summed E-state index contributed by atoms with van der Waals surface area (Å²) in [5, 5.41) is 3.24. The van der Waals surface area contributed by atoms with Crippen LogP contribution in [0.25, 0.3) is 0 Å². The molecule has 0 bridgehead atoms. The first-order chi connectivity index (χ1) is 4.16. The second-order valence-electron chi connectivity index (χ2n) is 2.36. The molecule has 0 atom stereocenters. The first kappa shape index (κ1) is 8.21. The van der Waals surface area contributed by atoms with E-state index in [2.05, 4.69) is 37.1 Å². The maximum atomic E-state index is 4.67. The van der Waals surface area contributed by atoms with Gasteiger partial charge in [-0.25, -0.2) is 0 Å². The molecule has 0 saturated heterocycles. The van der Waals surface area contributed by atoms with E-state index < -0.39 is 0 Å². The summed E-state index contributed by atoms with van der Waals surface area (Å²) in [6.07, 6.45) is 0.846. The standard InChI is InChI=1S/C7H13NO/c1-6(2)5-7(3)9-8-4/h6H,3-5H2,1-2H3. The molecule has 0 aromatic carbocycles. The van der Waals surface area contributed by atoms with E-state index in [0.717, 1.165) is 6.42 Å². The van der Waals surface area contributed by atoms with Crippen molar-refractivity contribution in [1.29, 1.82) is 0 Å². The molecule has 0 aliphatic rings. The van der Waals surface area contributed by atoms with E-state index in [1.54, 1.807) is 0 Å². The zero-order chi connectivity index (χ0) is 7.28. The Hall–Kier alpha value is -0.790. The topological polar surface area (TPSA) is 21.6 Å². The van der Waals surface area contributed by atoms with E-state index in [9.17, 15) is 0 Å². The summed E-state index contributed by atoms with van der Waals surface area (Å²) in [7, 11) is 0. The lowest BCUT2D eigenvalue weighted by atomic mass is 10.1. The highest BCUT2D eigenvalue weighted by atomic mass is 16.6. The largest absolute Gasteiger partial charge is 0.363 e. The molecule has 0 heterocycles. The fourth-order valence-electron chi connectivity index (χ4n) is 0.584. The zero-order valence-electron chi connectivity index (χ0n) is 6.05. The molecular weight excluding hydrogens is 114 g/mol. The lowest BCUT2D eigenvalue weighted by Crippen LogP contribution is -1.90. The van der Waals surface area contributed by atoms with Crippen LogP contribution < -0.4 is 0 Å². The minimum Gasteiger partial charge on any atom is -0.363 e. The van der Waals surface area contributed by atoms with Crippen LogP contribution >= 0.6 is 0 Å². The van der Waals surface area contributed by atoms with Gasteiger partial charge in [-0.3, -0.25) is 0 Å². The minimum atomic E-state index is 0.569. The highest BCUT2D eigenvalue weighted by Gasteiger charge is 1.97. The van der Waals surface area contributed by atoms with Gasteiger partial charge in [-0.2, -0.15) is 0 Å². The van der Waals surface area contributed by atoms with E-state index in [0.29, 0.717) is 11.7 Å². The van der Waals surface area contributed by atoms with E-state index in [1.807, 2.05) is 0 Å². The van der Waals surface area contributed by atoms with Gasteiger partial charge in [0.2, 0.25) is 0 Å². The lowest BCUT2D eigenvalue weighted by Gasteiger charge is -2.03. The zero-order valence-corrected chi connectivity index (χ0v) is 6.05. The number of oxime groups is 1. The SMILES string of the molecule is C=NOC(=C)CC(C)C. The van der Waals surface area contributed by atoms with Crippen molar-refractivity contribution in [2.45, 2.75) is 20.3 Å². The molecule has 0 aromatic heterocycles. The number of hydrogen-bond acceptors (Lipinski definition) is 2. The van der Waals surface area contributed by atoms with Crippen molar-refractivity contribution in [2.24, 2.45) is 11.1 Å². The third kappa shape index (κ3) is 5.07. The predicted octanol–water partition coefficient (Wildman–Crippen LogP) is 2.18. The van der Waals surface area contributed by atoms with E-state index in [-0.39, 0.29) is 0 Å². The second kappa shape index (κ2) is 4.13. The van der Waals surface area contributed by atoms with Crippen LogP contribution in [0.3, 0.4) is 0 Å². The molecule has 0 aromatic rings. The van der Waals surface area contributed by atoms with Crippen LogP contribution in [0.1, 0.15) is 20.3 Å². The van der Waals surface area contributed by atoms with Crippen LogP contribution in [0.5, 0.6) is 0 Å². The molecule has 0 amide bonds. The minimum absolute atomic E-state index is 0.569. The third-order valence-electron chi connectivity index (χ3n) is 0.830. The van der Waals surface area contributed by atoms with Crippen molar-refractivity contribution < 1.29 is 4.84 Å². The summed E-state index contributed by atoms with van der Waals surface area (Å²) < 4.78 is 0. The van der Waals surface area contributed by atoms with Gasteiger partial charge < -0.3 is 4.84 Å². The van der Waals surface area contributed by atoms with E-state index in [1.165, 1.54) is 0 Å². The molecule has 0 rings (SSSR count). The summed E-state index contributed by atoms with van der Waals surface area (Å²) >= 11 is 0. The van der Waals surface area contributed by atoms with Crippen LogP contribution in [0.4, 0.5) is 0 Å². The van der Waals surface area contributed by atoms with Crippen LogP contribution in [0.15, 0.2) is 17.5 Å². The lowest BCUT2D eigenvalue weighted by molar-refractivity contribution is 0.213. The van der Waals surface area contributed by atoms with Gasteiger partial charge in [0, 0.05) is 13.1 Å². The molecular formula is C7H13NO. The molecule has 0 fully saturated rings. The Kier molecular flexibility index (Phi) is 3.76. The van der Waals surface area contributed by atoms with Gasteiger partial charge in [0.05, 0.1) is 0 Å². The molecule has 0 spiro atoms.